The molecule has 0 aromatic carbocycles. The van der Waals surface area contributed by atoms with Crippen LogP contribution in [0.1, 0.15) is 13.8 Å². The van der Waals surface area contributed by atoms with Crippen molar-refractivity contribution in [2.75, 3.05) is 13.2 Å². The van der Waals surface area contributed by atoms with Crippen LogP contribution < -0.4 is 21.7 Å². The van der Waals surface area contributed by atoms with E-state index in [4.69, 9.17) is 15.9 Å². The van der Waals surface area contributed by atoms with Crippen molar-refractivity contribution in [3.63, 3.8) is 0 Å². The van der Waals surface area contributed by atoms with Crippen molar-refractivity contribution in [3.8, 4) is 0 Å². The van der Waals surface area contributed by atoms with Gasteiger partial charge in [-0.2, -0.15) is 0 Å². The lowest BCUT2D eigenvalue weighted by Gasteiger charge is -2.20. The van der Waals surface area contributed by atoms with Crippen LogP contribution >= 0.6 is 0 Å². The summed E-state index contributed by atoms with van der Waals surface area (Å²) in [5.41, 5.74) is 5.06. The molecule has 0 heterocycles. The number of aliphatic hydroxyl groups excluding tert-OH is 1. The average molecular weight is 304 g/mol. The molecule has 0 saturated heterocycles. The molecule has 0 aromatic heterocycles. The summed E-state index contributed by atoms with van der Waals surface area (Å²) in [6.07, 6.45) is 0. The highest BCUT2D eigenvalue weighted by Crippen LogP contribution is 1.90. The third-order valence-corrected chi connectivity index (χ3v) is 2.50. The predicted molar refractivity (Wildman–Crippen MR) is 70.9 cm³/mol. The van der Waals surface area contributed by atoms with Gasteiger partial charge >= 0.3 is 5.97 Å². The van der Waals surface area contributed by atoms with Gasteiger partial charge in [-0.25, -0.2) is 0 Å². The molecule has 0 spiro atoms. The predicted octanol–water partition coefficient (Wildman–Crippen LogP) is -3.48. The van der Waals surface area contributed by atoms with E-state index >= 15 is 0 Å². The molecule has 3 amide bonds. The number of aliphatic carboxylic acids is 1. The molecule has 0 aromatic rings. The van der Waals surface area contributed by atoms with Gasteiger partial charge in [-0.1, -0.05) is 0 Å². The zero-order chi connectivity index (χ0) is 16.6. The quantitative estimate of drug-likeness (QED) is 0.270. The number of nitrogens with one attached hydrogen (secondary N) is 3. The summed E-state index contributed by atoms with van der Waals surface area (Å²) in [5.74, 6) is -3.35. The topological polar surface area (TPSA) is 171 Å². The van der Waals surface area contributed by atoms with Gasteiger partial charge in [0, 0.05) is 0 Å². The number of aliphatic hydroxyl groups is 1. The number of nitrogens with two attached hydrogens (primary N) is 1. The van der Waals surface area contributed by atoms with E-state index in [1.54, 1.807) is 0 Å². The van der Waals surface area contributed by atoms with Crippen molar-refractivity contribution in [2.45, 2.75) is 32.0 Å². The standard InChI is InChI=1S/C11H20N4O6/c1-5(9(18)14-6(2)11(20)21)13-10(19)7(4-16)15-8(17)3-12/h5-7,16H,3-4,12H2,1-2H3,(H,13,19)(H,14,18)(H,15,17)(H,20,21). The Morgan fingerprint density at radius 1 is 1.00 bits per heavy atom. The molecule has 3 unspecified atom stereocenters. The Bertz CT molecular complexity index is 414. The van der Waals surface area contributed by atoms with Gasteiger partial charge in [-0.3, -0.25) is 19.2 Å². The van der Waals surface area contributed by atoms with Crippen LogP contribution in [-0.2, 0) is 19.2 Å². The smallest absolute Gasteiger partial charge is 0.325 e. The molecule has 0 aliphatic heterocycles. The van der Waals surface area contributed by atoms with Gasteiger partial charge in [0.05, 0.1) is 13.2 Å². The first kappa shape index (κ1) is 18.8. The number of carbonyl (C=O) groups is 4. The van der Waals surface area contributed by atoms with E-state index in [1.165, 1.54) is 13.8 Å². The molecule has 21 heavy (non-hydrogen) atoms. The molecule has 120 valence electrons. The second-order valence-corrected chi connectivity index (χ2v) is 4.31. The second-order valence-electron chi connectivity index (χ2n) is 4.31. The van der Waals surface area contributed by atoms with Gasteiger partial charge in [-0.15, -0.1) is 0 Å². The molecule has 10 nitrogen and oxygen atoms in total. The molecule has 0 rings (SSSR count). The first-order valence-corrected chi connectivity index (χ1v) is 6.16. The van der Waals surface area contributed by atoms with E-state index in [1.807, 2.05) is 0 Å². The first-order chi connectivity index (χ1) is 9.72. The van der Waals surface area contributed by atoms with Crippen molar-refractivity contribution in [2.24, 2.45) is 5.73 Å². The van der Waals surface area contributed by atoms with E-state index < -0.39 is 48.4 Å². The Morgan fingerprint density at radius 3 is 1.95 bits per heavy atom. The van der Waals surface area contributed by atoms with Gasteiger partial charge in [0.1, 0.15) is 18.1 Å². The molecule has 0 radical (unpaired) electrons. The van der Waals surface area contributed by atoms with Gasteiger partial charge in [-0.05, 0) is 13.8 Å². The molecule has 0 fully saturated rings. The highest BCUT2D eigenvalue weighted by atomic mass is 16.4. The van der Waals surface area contributed by atoms with Crippen molar-refractivity contribution >= 4 is 23.7 Å². The maximum absolute atomic E-state index is 11.7. The van der Waals surface area contributed by atoms with Crippen molar-refractivity contribution < 1.29 is 29.4 Å². The van der Waals surface area contributed by atoms with E-state index in [-0.39, 0.29) is 6.54 Å². The second kappa shape index (κ2) is 8.87. The molecule has 3 atom stereocenters. The Labute approximate surface area is 121 Å². The molecule has 0 saturated carbocycles. The van der Waals surface area contributed by atoms with Crippen molar-refractivity contribution in [1.29, 1.82) is 0 Å². The highest BCUT2D eigenvalue weighted by Gasteiger charge is 2.25. The lowest BCUT2D eigenvalue weighted by molar-refractivity contribution is -0.141. The van der Waals surface area contributed by atoms with Crippen molar-refractivity contribution in [3.05, 3.63) is 0 Å². The van der Waals surface area contributed by atoms with Crippen LogP contribution in [0.5, 0.6) is 0 Å². The summed E-state index contributed by atoms with van der Waals surface area (Å²) in [7, 11) is 0. The van der Waals surface area contributed by atoms with E-state index in [0.717, 1.165) is 0 Å². The normalized spacial score (nSPS) is 14.5. The number of carboxylic acid groups (broad SMARTS) is 1. The fourth-order valence-corrected chi connectivity index (χ4v) is 1.23. The monoisotopic (exact) mass is 304 g/mol. The van der Waals surface area contributed by atoms with Gasteiger partial charge in [0.15, 0.2) is 0 Å². The van der Waals surface area contributed by atoms with Gasteiger partial charge < -0.3 is 31.9 Å². The number of rotatable bonds is 8. The molecule has 10 heteroatoms. The van der Waals surface area contributed by atoms with Gasteiger partial charge in [0.25, 0.3) is 0 Å². The third kappa shape index (κ3) is 6.68. The molecule has 0 aliphatic carbocycles. The summed E-state index contributed by atoms with van der Waals surface area (Å²) >= 11 is 0. The molecule has 0 aliphatic rings. The largest absolute Gasteiger partial charge is 0.480 e. The van der Waals surface area contributed by atoms with Crippen LogP contribution in [0.15, 0.2) is 0 Å². The molecule has 0 bridgehead atoms. The minimum absolute atomic E-state index is 0.351. The Morgan fingerprint density at radius 2 is 1.52 bits per heavy atom. The summed E-state index contributed by atoms with van der Waals surface area (Å²) in [5, 5.41) is 24.3. The Kier molecular flexibility index (Phi) is 7.94. The minimum Gasteiger partial charge on any atom is -0.480 e. The maximum atomic E-state index is 11.7. The van der Waals surface area contributed by atoms with Gasteiger partial charge in [0.2, 0.25) is 17.7 Å². The lowest BCUT2D eigenvalue weighted by Crippen LogP contribution is -2.55. The maximum Gasteiger partial charge on any atom is 0.325 e. The molecular formula is C11H20N4O6. The fourth-order valence-electron chi connectivity index (χ4n) is 1.23. The highest BCUT2D eigenvalue weighted by molar-refractivity contribution is 5.93. The van der Waals surface area contributed by atoms with Crippen molar-refractivity contribution in [1.82, 2.24) is 16.0 Å². The number of hydrogen-bond acceptors (Lipinski definition) is 6. The first-order valence-electron chi connectivity index (χ1n) is 6.16. The summed E-state index contributed by atoms with van der Waals surface area (Å²) in [4.78, 5) is 45.0. The third-order valence-electron chi connectivity index (χ3n) is 2.50. The average Bonchev–Trinajstić information content (AvgIpc) is 2.43. The summed E-state index contributed by atoms with van der Waals surface area (Å²) in [6, 6.07) is -3.39. The minimum atomic E-state index is -1.24. The zero-order valence-electron chi connectivity index (χ0n) is 11.8. The number of carbonyl (C=O) groups excluding carboxylic acids is 3. The Balaban J connectivity index is 4.50. The summed E-state index contributed by atoms with van der Waals surface area (Å²) < 4.78 is 0. The van der Waals surface area contributed by atoms with Crippen LogP contribution in [0, 0.1) is 0 Å². The zero-order valence-corrected chi connectivity index (χ0v) is 11.8. The number of carboxylic acids is 1. The molecular weight excluding hydrogens is 284 g/mol. The summed E-state index contributed by atoms with van der Waals surface area (Å²) in [6.45, 7) is 1.58. The van der Waals surface area contributed by atoms with Crippen LogP contribution in [0.3, 0.4) is 0 Å². The van der Waals surface area contributed by atoms with Crippen LogP contribution in [0.4, 0.5) is 0 Å². The van der Waals surface area contributed by atoms with E-state index in [9.17, 15) is 19.2 Å². The number of hydrogen-bond donors (Lipinski definition) is 6. The Hall–Kier alpha value is -2.20. The van der Waals surface area contributed by atoms with Crippen LogP contribution in [-0.4, -0.2) is 65.2 Å². The SMILES string of the molecule is CC(NC(=O)C(C)NC(=O)C(CO)NC(=O)CN)C(=O)O. The van der Waals surface area contributed by atoms with Crippen LogP contribution in [0.2, 0.25) is 0 Å². The van der Waals surface area contributed by atoms with E-state index in [2.05, 4.69) is 16.0 Å². The molecule has 7 N–H and O–H groups in total. The van der Waals surface area contributed by atoms with E-state index in [0.29, 0.717) is 0 Å². The number of amides is 3. The lowest BCUT2D eigenvalue weighted by atomic mass is 10.2. The fraction of sp³-hybridized carbons (Fsp3) is 0.636. The van der Waals surface area contributed by atoms with Crippen LogP contribution in [0.25, 0.3) is 0 Å².